The Morgan fingerprint density at radius 3 is 2.40 bits per heavy atom. The highest BCUT2D eigenvalue weighted by atomic mass is 19.3. The zero-order valence-electron chi connectivity index (χ0n) is 24.4. The monoisotopic (exact) mass is 589 g/mol. The number of alkyl halides is 2. The van der Waals surface area contributed by atoms with Crippen LogP contribution in [0.5, 0.6) is 0 Å². The van der Waals surface area contributed by atoms with E-state index in [0.29, 0.717) is 72.5 Å². The summed E-state index contributed by atoms with van der Waals surface area (Å²) in [7, 11) is 1.43. The van der Waals surface area contributed by atoms with Crippen LogP contribution in [-0.4, -0.2) is 83.8 Å². The van der Waals surface area contributed by atoms with Gasteiger partial charge in [-0.15, -0.1) is 9.60 Å². The van der Waals surface area contributed by atoms with Crippen molar-refractivity contribution in [2.24, 2.45) is 5.92 Å². The second kappa shape index (κ2) is 15.0. The molecule has 0 radical (unpaired) electrons. The van der Waals surface area contributed by atoms with Gasteiger partial charge in [-0.05, 0) is 50.2 Å². The van der Waals surface area contributed by atoms with Crippen molar-refractivity contribution in [1.82, 2.24) is 24.6 Å². The molecule has 2 aromatic heterocycles. The summed E-state index contributed by atoms with van der Waals surface area (Å²) in [6.45, 7) is 4.63. The van der Waals surface area contributed by atoms with Crippen LogP contribution in [0, 0.1) is 5.92 Å². The van der Waals surface area contributed by atoms with E-state index in [1.807, 2.05) is 6.07 Å². The number of aromatic nitrogens is 4. The highest BCUT2D eigenvalue weighted by Gasteiger charge is 2.24. The van der Waals surface area contributed by atoms with Gasteiger partial charge in [0.25, 0.3) is 6.43 Å². The molecule has 4 heterocycles. The van der Waals surface area contributed by atoms with E-state index in [2.05, 4.69) is 20.2 Å². The molecule has 1 unspecified atom stereocenters. The fourth-order valence-corrected chi connectivity index (χ4v) is 5.86. The molecule has 1 saturated carbocycles. The van der Waals surface area contributed by atoms with Gasteiger partial charge >= 0.3 is 0 Å². The summed E-state index contributed by atoms with van der Waals surface area (Å²) in [6, 6.07) is 8.92. The average Bonchev–Trinajstić information content (AvgIpc) is 3.42. The third kappa shape index (κ3) is 8.11. The Labute approximate surface area is 245 Å². The maximum Gasteiger partial charge on any atom is 0.296 e. The van der Waals surface area contributed by atoms with Gasteiger partial charge in [0.05, 0.1) is 36.9 Å². The van der Waals surface area contributed by atoms with Gasteiger partial charge in [-0.25, -0.2) is 13.8 Å². The summed E-state index contributed by atoms with van der Waals surface area (Å²) in [5.41, 5.74) is 1.12. The number of likely N-dealkylation sites (N-methyl/N-ethyl adjacent to an activating group) is 1. The Morgan fingerprint density at radius 1 is 0.952 bits per heavy atom. The number of halogens is 3. The predicted octanol–water partition coefficient (Wildman–Crippen LogP) is 5.95. The van der Waals surface area contributed by atoms with Crippen LogP contribution in [0.1, 0.15) is 63.6 Å². The van der Waals surface area contributed by atoms with E-state index < -0.39 is 6.43 Å². The summed E-state index contributed by atoms with van der Waals surface area (Å²) >= 11 is 0. The topological polar surface area (TPSA) is 80.6 Å². The quantitative estimate of drug-likeness (QED) is 0.323. The van der Waals surface area contributed by atoms with Gasteiger partial charge in [0.2, 0.25) is 5.95 Å². The minimum absolute atomic E-state index is 0.128. The molecular formula is C30H42F3N7O2. The first-order chi connectivity index (χ1) is 20.5. The number of hydrogen-bond acceptors (Lipinski definition) is 8. The maximum absolute atomic E-state index is 13.9. The van der Waals surface area contributed by atoms with Crippen LogP contribution in [0.15, 0.2) is 30.3 Å². The smallest absolute Gasteiger partial charge is 0.296 e. The molecule has 1 aromatic carbocycles. The third-order valence-corrected chi connectivity index (χ3v) is 8.05. The van der Waals surface area contributed by atoms with Crippen LogP contribution in [0.3, 0.4) is 0 Å². The maximum atomic E-state index is 13.9. The van der Waals surface area contributed by atoms with Crippen molar-refractivity contribution in [2.75, 3.05) is 63.3 Å². The number of rotatable bonds is 8. The van der Waals surface area contributed by atoms with Gasteiger partial charge in [-0.1, -0.05) is 31.4 Å². The molecule has 1 N–H and O–H groups in total. The number of anilines is 2. The van der Waals surface area contributed by atoms with E-state index in [0.717, 1.165) is 26.0 Å². The molecule has 3 fully saturated rings. The number of para-hydroxylation sites is 2. The number of nitrogens with zero attached hydrogens (tertiary/aromatic N) is 6. The van der Waals surface area contributed by atoms with Gasteiger partial charge in [-0.2, -0.15) is 9.97 Å². The molecule has 2 saturated heterocycles. The van der Waals surface area contributed by atoms with Gasteiger partial charge < -0.3 is 19.7 Å². The fraction of sp³-hybridized carbons (Fsp3) is 0.633. The zero-order valence-corrected chi connectivity index (χ0v) is 24.4. The minimum Gasteiger partial charge on any atom is -0.378 e. The summed E-state index contributed by atoms with van der Waals surface area (Å²) in [6.07, 6.45) is 6.94. The largest absolute Gasteiger partial charge is 0.378 e. The highest BCUT2D eigenvalue weighted by molar-refractivity contribution is 5.78. The fourth-order valence-electron chi connectivity index (χ4n) is 5.86. The highest BCUT2D eigenvalue weighted by Crippen LogP contribution is 2.30. The van der Waals surface area contributed by atoms with Gasteiger partial charge in [-0.3, -0.25) is 4.57 Å². The number of nitrogens with one attached hydrogen (secondary N) is 1. The Hall–Kier alpha value is -2.96. The van der Waals surface area contributed by atoms with Crippen molar-refractivity contribution in [1.29, 1.82) is 0 Å². The summed E-state index contributed by atoms with van der Waals surface area (Å²) in [5.74, 6) is 1.86. The normalized spacial score (nSPS) is 20.1. The molecule has 0 amide bonds. The van der Waals surface area contributed by atoms with E-state index in [-0.39, 0.29) is 11.9 Å². The molecule has 9 nitrogen and oxygen atoms in total. The molecule has 1 atom stereocenters. The van der Waals surface area contributed by atoms with E-state index in [4.69, 9.17) is 14.5 Å². The Morgan fingerprint density at radius 2 is 1.69 bits per heavy atom. The third-order valence-electron chi connectivity index (χ3n) is 8.05. The minimum atomic E-state index is -2.72. The first kappa shape index (κ1) is 30.5. The van der Waals surface area contributed by atoms with Crippen LogP contribution >= 0.6 is 0 Å². The number of morpholine rings is 1. The molecule has 42 heavy (non-hydrogen) atoms. The Bertz CT molecular complexity index is 1260. The van der Waals surface area contributed by atoms with Crippen molar-refractivity contribution >= 4 is 22.8 Å². The number of benzene rings is 1. The number of fused-ring (bicyclic) bond motifs is 1. The molecule has 230 valence electrons. The standard InChI is InChI=1S/C23H28F2N6O.C7H14FNO/c24-21(25)22-27-17-8-4-5-9-18(17)31(22)20-14-19(30-10-12-32-13-11-30)28-23(29-20)26-15-16-6-2-1-3-7-16;1-9(8)6-7-4-2-3-5-10-7/h4-5,8-9,14,16,21H,1-3,6-7,10-13,15H2,(H,26,28,29);7H,2-6H2,1H3. The summed E-state index contributed by atoms with van der Waals surface area (Å²) < 4.78 is 52.3. The van der Waals surface area contributed by atoms with E-state index >= 15 is 0 Å². The molecule has 3 aliphatic rings. The molecule has 12 heteroatoms. The van der Waals surface area contributed by atoms with Gasteiger partial charge in [0.1, 0.15) is 11.6 Å². The van der Waals surface area contributed by atoms with E-state index in [9.17, 15) is 13.3 Å². The molecule has 0 spiro atoms. The van der Waals surface area contributed by atoms with E-state index in [1.165, 1.54) is 50.1 Å². The number of ether oxygens (including phenoxy) is 2. The lowest BCUT2D eigenvalue weighted by Gasteiger charge is -2.28. The van der Waals surface area contributed by atoms with Crippen molar-refractivity contribution in [2.45, 2.75) is 63.9 Å². The van der Waals surface area contributed by atoms with Crippen LogP contribution in [0.25, 0.3) is 16.9 Å². The molecule has 1 aliphatic carbocycles. The van der Waals surface area contributed by atoms with Crippen molar-refractivity contribution < 1.29 is 22.7 Å². The number of hydrogen-bond donors (Lipinski definition) is 1. The lowest BCUT2D eigenvalue weighted by atomic mass is 9.89. The average molecular weight is 590 g/mol. The van der Waals surface area contributed by atoms with Crippen LogP contribution in [0.2, 0.25) is 0 Å². The van der Waals surface area contributed by atoms with Crippen molar-refractivity contribution in [3.8, 4) is 5.82 Å². The second-order valence-corrected chi connectivity index (χ2v) is 11.3. The van der Waals surface area contributed by atoms with Crippen molar-refractivity contribution in [3.63, 3.8) is 0 Å². The molecule has 2 aliphatic heterocycles. The lowest BCUT2D eigenvalue weighted by molar-refractivity contribution is -0.0477. The first-order valence-corrected chi connectivity index (χ1v) is 15.2. The number of imidazole rings is 1. The summed E-state index contributed by atoms with van der Waals surface area (Å²) in [5, 5.41) is 4.08. The Balaban J connectivity index is 0.000000300. The second-order valence-electron chi connectivity index (χ2n) is 11.3. The van der Waals surface area contributed by atoms with Crippen LogP contribution in [-0.2, 0) is 9.47 Å². The van der Waals surface area contributed by atoms with Crippen molar-refractivity contribution in [3.05, 3.63) is 36.2 Å². The lowest BCUT2D eigenvalue weighted by Crippen LogP contribution is -2.37. The SMILES string of the molecule is CN(F)CC1CCCCO1.FC(F)c1nc2ccccc2n1-c1cc(N2CCOCC2)nc(NCC2CCCCC2)n1. The molecular weight excluding hydrogens is 547 g/mol. The van der Waals surface area contributed by atoms with E-state index in [1.54, 1.807) is 24.3 Å². The zero-order chi connectivity index (χ0) is 29.3. The molecule has 3 aromatic rings. The molecule has 0 bridgehead atoms. The Kier molecular flexibility index (Phi) is 10.9. The van der Waals surface area contributed by atoms with Gasteiger partial charge in [0, 0.05) is 39.4 Å². The van der Waals surface area contributed by atoms with Gasteiger partial charge in [0.15, 0.2) is 5.82 Å². The predicted molar refractivity (Wildman–Crippen MR) is 157 cm³/mol. The van der Waals surface area contributed by atoms with Crippen LogP contribution < -0.4 is 10.2 Å². The van der Waals surface area contributed by atoms with Crippen LogP contribution in [0.4, 0.5) is 25.0 Å². The summed E-state index contributed by atoms with van der Waals surface area (Å²) in [4.78, 5) is 15.7. The first-order valence-electron chi connectivity index (χ1n) is 15.2. The molecule has 6 rings (SSSR count).